The smallest absolute Gasteiger partial charge is 0.0725 e. The number of rotatable bonds is 10. The Morgan fingerprint density at radius 1 is 0.913 bits per heavy atom. The van der Waals surface area contributed by atoms with Crippen molar-refractivity contribution < 1.29 is 0 Å². The first-order chi connectivity index (χ1) is 10.8. The molecule has 128 valence electrons. The molecule has 0 unspecified atom stereocenters. The molecule has 2 nitrogen and oxygen atoms in total. The van der Waals surface area contributed by atoms with E-state index in [1.165, 1.54) is 62.4 Å². The molecule has 0 saturated carbocycles. The number of unbranched alkanes of at least 4 members (excludes halogenated alkanes) is 7. The van der Waals surface area contributed by atoms with Crippen LogP contribution >= 0.6 is 24.0 Å². The number of anilines is 1. The summed E-state index contributed by atoms with van der Waals surface area (Å²) in [6.45, 7) is 5.40. The van der Waals surface area contributed by atoms with Gasteiger partial charge >= 0.3 is 0 Å². The topological polar surface area (TPSA) is 24.9 Å². The van der Waals surface area contributed by atoms with Gasteiger partial charge in [-0.1, -0.05) is 70.1 Å². The van der Waals surface area contributed by atoms with Crippen LogP contribution in [0.25, 0.3) is 10.9 Å². The van der Waals surface area contributed by atoms with Crippen molar-refractivity contribution >= 4 is 40.6 Å². The molecule has 0 aliphatic rings. The zero-order chi connectivity index (χ0) is 15.6. The second-order valence-corrected chi connectivity index (χ2v) is 6.23. The number of aryl methyl sites for hydroxylation is 1. The van der Waals surface area contributed by atoms with Crippen molar-refractivity contribution in [2.24, 2.45) is 0 Å². The Morgan fingerprint density at radius 2 is 1.57 bits per heavy atom. The maximum Gasteiger partial charge on any atom is 0.0725 e. The summed E-state index contributed by atoms with van der Waals surface area (Å²) < 4.78 is 0. The molecule has 1 N–H and O–H groups in total. The van der Waals surface area contributed by atoms with Gasteiger partial charge < -0.3 is 5.32 Å². The predicted molar refractivity (Wildman–Crippen MR) is 113 cm³/mol. The monoisotopic (exact) mass is 426 g/mol. The van der Waals surface area contributed by atoms with Gasteiger partial charge in [-0.15, -0.1) is 24.0 Å². The molecule has 3 heteroatoms. The zero-order valence-electron chi connectivity index (χ0n) is 14.6. The predicted octanol–water partition coefficient (Wildman–Crippen LogP) is 6.71. The first kappa shape index (κ1) is 20.2. The highest BCUT2D eigenvalue weighted by atomic mass is 127. The number of hydrogen-bond acceptors (Lipinski definition) is 2. The molecule has 1 aromatic carbocycles. The van der Waals surface area contributed by atoms with Gasteiger partial charge in [0.2, 0.25) is 0 Å². The minimum atomic E-state index is 0. The van der Waals surface area contributed by atoms with Crippen molar-refractivity contribution in [1.82, 2.24) is 4.98 Å². The number of halogens is 1. The summed E-state index contributed by atoms with van der Waals surface area (Å²) in [5.41, 5.74) is 3.39. The number of nitrogens with zero attached hydrogens (tertiary/aromatic N) is 1. The van der Waals surface area contributed by atoms with E-state index in [1.54, 1.807) is 0 Å². The van der Waals surface area contributed by atoms with E-state index in [4.69, 9.17) is 0 Å². The Bertz CT molecular complexity index is 569. The summed E-state index contributed by atoms with van der Waals surface area (Å²) in [6.07, 6.45) is 10.9. The Morgan fingerprint density at radius 3 is 2.30 bits per heavy atom. The second kappa shape index (κ2) is 11.7. The molecule has 0 bridgehead atoms. The number of pyridine rings is 1. The molecule has 0 fully saturated rings. The fourth-order valence-corrected chi connectivity index (χ4v) is 2.94. The number of para-hydroxylation sites is 1. The minimum Gasteiger partial charge on any atom is -0.384 e. The average molecular weight is 426 g/mol. The molecule has 0 aliphatic carbocycles. The van der Waals surface area contributed by atoms with Crippen LogP contribution < -0.4 is 5.32 Å². The van der Waals surface area contributed by atoms with E-state index in [2.05, 4.69) is 54.5 Å². The fraction of sp³-hybridized carbons (Fsp3) is 0.550. The Kier molecular flexibility index (Phi) is 10.2. The van der Waals surface area contributed by atoms with E-state index in [1.807, 2.05) is 0 Å². The summed E-state index contributed by atoms with van der Waals surface area (Å²) in [6, 6.07) is 10.5. The van der Waals surface area contributed by atoms with Gasteiger partial charge in [0.15, 0.2) is 0 Å². The standard InChI is InChI=1S/C20H30N2.HI/c1-3-4-5-6-7-8-9-12-15-21-20-16-17(2)22-19-14-11-10-13-18(19)20;/h10-11,13-14,16H,3-9,12,15H2,1-2H3,(H,21,22);1H. The summed E-state index contributed by atoms with van der Waals surface area (Å²) >= 11 is 0. The highest BCUT2D eigenvalue weighted by Crippen LogP contribution is 2.22. The number of fused-ring (bicyclic) bond motifs is 1. The van der Waals surface area contributed by atoms with Crippen molar-refractivity contribution in [3.63, 3.8) is 0 Å². The normalized spacial score (nSPS) is 10.5. The lowest BCUT2D eigenvalue weighted by Crippen LogP contribution is -2.03. The van der Waals surface area contributed by atoms with E-state index in [-0.39, 0.29) is 24.0 Å². The van der Waals surface area contributed by atoms with Gasteiger partial charge in [-0.2, -0.15) is 0 Å². The molecule has 0 aliphatic heterocycles. The molecule has 0 radical (unpaired) electrons. The third-order valence-electron chi connectivity index (χ3n) is 4.19. The number of benzene rings is 1. The molecule has 0 spiro atoms. The first-order valence-corrected chi connectivity index (χ1v) is 8.91. The zero-order valence-corrected chi connectivity index (χ0v) is 16.9. The van der Waals surface area contributed by atoms with Crippen molar-refractivity contribution in [2.75, 3.05) is 11.9 Å². The molecule has 1 aromatic heterocycles. The Balaban J connectivity index is 0.00000264. The lowest BCUT2D eigenvalue weighted by Gasteiger charge is -2.10. The van der Waals surface area contributed by atoms with Crippen LogP contribution in [0.2, 0.25) is 0 Å². The van der Waals surface area contributed by atoms with Crippen LogP contribution in [-0.2, 0) is 0 Å². The quantitative estimate of drug-likeness (QED) is 0.337. The van der Waals surface area contributed by atoms with E-state index >= 15 is 0 Å². The van der Waals surface area contributed by atoms with Gasteiger partial charge in [-0.05, 0) is 25.5 Å². The van der Waals surface area contributed by atoms with Crippen molar-refractivity contribution in [2.45, 2.75) is 65.2 Å². The van der Waals surface area contributed by atoms with Crippen LogP contribution in [-0.4, -0.2) is 11.5 Å². The van der Waals surface area contributed by atoms with Gasteiger partial charge in [-0.25, -0.2) is 0 Å². The van der Waals surface area contributed by atoms with Gasteiger partial charge in [0, 0.05) is 23.3 Å². The maximum atomic E-state index is 4.59. The molecule has 0 saturated heterocycles. The summed E-state index contributed by atoms with van der Waals surface area (Å²) in [5.74, 6) is 0. The number of nitrogens with one attached hydrogen (secondary N) is 1. The highest BCUT2D eigenvalue weighted by Gasteiger charge is 2.02. The number of aromatic nitrogens is 1. The molecular weight excluding hydrogens is 395 g/mol. The van der Waals surface area contributed by atoms with Crippen LogP contribution in [0.15, 0.2) is 30.3 Å². The number of hydrogen-bond donors (Lipinski definition) is 1. The van der Waals surface area contributed by atoms with Gasteiger partial charge in [0.25, 0.3) is 0 Å². The van der Waals surface area contributed by atoms with Crippen molar-refractivity contribution in [1.29, 1.82) is 0 Å². The second-order valence-electron chi connectivity index (χ2n) is 6.23. The first-order valence-electron chi connectivity index (χ1n) is 8.91. The lowest BCUT2D eigenvalue weighted by atomic mass is 10.1. The van der Waals surface area contributed by atoms with E-state index < -0.39 is 0 Å². The third-order valence-corrected chi connectivity index (χ3v) is 4.19. The fourth-order valence-electron chi connectivity index (χ4n) is 2.94. The lowest BCUT2D eigenvalue weighted by molar-refractivity contribution is 0.581. The van der Waals surface area contributed by atoms with Crippen molar-refractivity contribution in [3.8, 4) is 0 Å². The van der Waals surface area contributed by atoms with E-state index in [0.29, 0.717) is 0 Å². The minimum absolute atomic E-state index is 0. The van der Waals surface area contributed by atoms with Crippen molar-refractivity contribution in [3.05, 3.63) is 36.0 Å². The summed E-state index contributed by atoms with van der Waals surface area (Å²) in [4.78, 5) is 4.59. The molecular formula is C20H31IN2. The Labute approximate surface area is 158 Å². The largest absolute Gasteiger partial charge is 0.384 e. The molecule has 23 heavy (non-hydrogen) atoms. The third kappa shape index (κ3) is 7.06. The Hall–Kier alpha value is -0.840. The maximum absolute atomic E-state index is 4.59. The summed E-state index contributed by atoms with van der Waals surface area (Å²) in [5, 5.41) is 4.83. The molecule has 2 rings (SSSR count). The van der Waals surface area contributed by atoms with Gasteiger partial charge in [0.1, 0.15) is 0 Å². The summed E-state index contributed by atoms with van der Waals surface area (Å²) in [7, 11) is 0. The van der Waals surface area contributed by atoms with E-state index in [0.717, 1.165) is 17.8 Å². The average Bonchev–Trinajstić information content (AvgIpc) is 2.53. The van der Waals surface area contributed by atoms with Crippen LogP contribution in [0.5, 0.6) is 0 Å². The molecule has 0 amide bonds. The molecule has 2 aromatic rings. The molecule has 1 heterocycles. The molecule has 0 atom stereocenters. The van der Waals surface area contributed by atoms with Crippen LogP contribution in [0.3, 0.4) is 0 Å². The van der Waals surface area contributed by atoms with Gasteiger partial charge in [-0.3, -0.25) is 4.98 Å². The SMILES string of the molecule is CCCCCCCCCCNc1cc(C)nc2ccccc12.I. The van der Waals surface area contributed by atoms with Crippen LogP contribution in [0, 0.1) is 6.92 Å². The highest BCUT2D eigenvalue weighted by molar-refractivity contribution is 14.0. The van der Waals surface area contributed by atoms with E-state index in [9.17, 15) is 0 Å². The van der Waals surface area contributed by atoms with Crippen LogP contribution in [0.4, 0.5) is 5.69 Å². The van der Waals surface area contributed by atoms with Gasteiger partial charge in [0.05, 0.1) is 5.52 Å². The van der Waals surface area contributed by atoms with Crippen LogP contribution in [0.1, 0.15) is 64.0 Å².